The highest BCUT2D eigenvalue weighted by molar-refractivity contribution is 5.47. The lowest BCUT2D eigenvalue weighted by molar-refractivity contribution is 0.150. The second-order valence-corrected chi connectivity index (χ2v) is 2.63. The molecule has 1 N–H and O–H groups in total. The Kier molecular flexibility index (Phi) is 2.43. The molecule has 1 aliphatic heterocycles. The normalized spacial score (nSPS) is 19.8. The van der Waals surface area contributed by atoms with Gasteiger partial charge in [-0.3, -0.25) is 0 Å². The van der Waals surface area contributed by atoms with E-state index in [1.54, 1.807) is 0 Å². The molecule has 0 amide bonds. The summed E-state index contributed by atoms with van der Waals surface area (Å²) in [4.78, 5) is 8.69. The molecule has 1 aromatic rings. The number of hydrogen-bond donors (Lipinski definition) is 1. The summed E-state index contributed by atoms with van der Waals surface area (Å²) in [6, 6.07) is 9.61. The first-order chi connectivity index (χ1) is 6.45. The average molecular weight is 178 g/mol. The Labute approximate surface area is 76.1 Å². The van der Waals surface area contributed by atoms with Crippen LogP contribution in [0.15, 0.2) is 35.3 Å². The maximum absolute atomic E-state index is 5.43. The van der Waals surface area contributed by atoms with E-state index in [1.807, 2.05) is 30.3 Å². The third-order valence-corrected chi connectivity index (χ3v) is 1.65. The SMILES string of the molecule is C1=NC(COc2ccccc2)NO1. The monoisotopic (exact) mass is 178 g/mol. The summed E-state index contributed by atoms with van der Waals surface area (Å²) in [7, 11) is 0. The molecule has 0 aliphatic carbocycles. The van der Waals surface area contributed by atoms with E-state index < -0.39 is 0 Å². The van der Waals surface area contributed by atoms with Crippen LogP contribution in [0.5, 0.6) is 5.75 Å². The minimum absolute atomic E-state index is 0.0970. The third-order valence-electron chi connectivity index (χ3n) is 1.65. The molecule has 0 aromatic heterocycles. The van der Waals surface area contributed by atoms with Crippen molar-refractivity contribution in [2.75, 3.05) is 6.61 Å². The van der Waals surface area contributed by atoms with Gasteiger partial charge in [0.05, 0.1) is 0 Å². The molecule has 2 rings (SSSR count). The van der Waals surface area contributed by atoms with Crippen LogP contribution in [0.4, 0.5) is 0 Å². The first kappa shape index (κ1) is 8.07. The van der Waals surface area contributed by atoms with Gasteiger partial charge in [0.1, 0.15) is 12.4 Å². The van der Waals surface area contributed by atoms with Crippen LogP contribution in [0.25, 0.3) is 0 Å². The van der Waals surface area contributed by atoms with Crippen LogP contribution < -0.4 is 10.2 Å². The fraction of sp³-hybridized carbons (Fsp3) is 0.222. The van der Waals surface area contributed by atoms with Crippen molar-refractivity contribution in [1.82, 2.24) is 5.48 Å². The van der Waals surface area contributed by atoms with E-state index in [9.17, 15) is 0 Å². The number of rotatable bonds is 3. The lowest BCUT2D eigenvalue weighted by atomic mass is 10.3. The van der Waals surface area contributed by atoms with Gasteiger partial charge < -0.3 is 9.57 Å². The van der Waals surface area contributed by atoms with Gasteiger partial charge in [-0.1, -0.05) is 18.2 Å². The molecule has 1 heterocycles. The Hall–Kier alpha value is -1.55. The highest BCUT2D eigenvalue weighted by atomic mass is 16.7. The predicted molar refractivity (Wildman–Crippen MR) is 48.4 cm³/mol. The Morgan fingerprint density at radius 2 is 2.23 bits per heavy atom. The van der Waals surface area contributed by atoms with E-state index in [1.165, 1.54) is 6.40 Å². The molecule has 1 unspecified atom stereocenters. The van der Waals surface area contributed by atoms with Crippen LogP contribution in [0.2, 0.25) is 0 Å². The van der Waals surface area contributed by atoms with Crippen molar-refractivity contribution < 1.29 is 9.57 Å². The summed E-state index contributed by atoms with van der Waals surface area (Å²) in [6.07, 6.45) is 1.28. The first-order valence-electron chi connectivity index (χ1n) is 4.06. The van der Waals surface area contributed by atoms with Gasteiger partial charge >= 0.3 is 0 Å². The average Bonchev–Trinajstić information content (AvgIpc) is 2.69. The summed E-state index contributed by atoms with van der Waals surface area (Å²) in [5.41, 5.74) is 2.68. The van der Waals surface area contributed by atoms with Crippen molar-refractivity contribution in [3.05, 3.63) is 30.3 Å². The zero-order valence-electron chi connectivity index (χ0n) is 7.01. The van der Waals surface area contributed by atoms with Gasteiger partial charge in [0.15, 0.2) is 12.6 Å². The van der Waals surface area contributed by atoms with Crippen LogP contribution in [0, 0.1) is 0 Å². The minimum atomic E-state index is -0.0970. The molecule has 1 aliphatic rings. The highest BCUT2D eigenvalue weighted by Gasteiger charge is 2.10. The zero-order chi connectivity index (χ0) is 8.93. The molecular formula is C9H10N2O2. The molecule has 1 atom stereocenters. The van der Waals surface area contributed by atoms with Gasteiger partial charge in [-0.05, 0) is 12.1 Å². The van der Waals surface area contributed by atoms with E-state index in [4.69, 9.17) is 9.57 Å². The lowest BCUT2D eigenvalue weighted by Crippen LogP contribution is -2.27. The number of para-hydroxylation sites is 1. The van der Waals surface area contributed by atoms with Gasteiger partial charge in [0, 0.05) is 0 Å². The summed E-state index contributed by atoms with van der Waals surface area (Å²) >= 11 is 0. The summed E-state index contributed by atoms with van der Waals surface area (Å²) < 4.78 is 5.43. The molecule has 0 saturated heterocycles. The van der Waals surface area contributed by atoms with Gasteiger partial charge in [-0.25, -0.2) is 4.99 Å². The molecule has 0 fully saturated rings. The molecule has 0 saturated carbocycles. The molecule has 0 bridgehead atoms. The molecule has 0 spiro atoms. The summed E-state index contributed by atoms with van der Waals surface area (Å²) in [5, 5.41) is 0. The second-order valence-electron chi connectivity index (χ2n) is 2.63. The standard InChI is InChI=1S/C9H10N2O2/c1-2-4-8(5-3-1)12-6-9-10-7-13-11-9/h1-5,7,9,11H,6H2. The number of nitrogens with zero attached hydrogens (tertiary/aromatic N) is 1. The predicted octanol–water partition coefficient (Wildman–Crippen LogP) is 0.955. The molecule has 68 valence electrons. The van der Waals surface area contributed by atoms with Crippen LogP contribution in [-0.4, -0.2) is 19.2 Å². The Bertz CT molecular complexity index is 287. The Morgan fingerprint density at radius 3 is 2.92 bits per heavy atom. The number of benzene rings is 1. The maximum atomic E-state index is 5.43. The van der Waals surface area contributed by atoms with E-state index >= 15 is 0 Å². The highest BCUT2D eigenvalue weighted by Crippen LogP contribution is 2.08. The largest absolute Gasteiger partial charge is 0.490 e. The molecule has 0 radical (unpaired) electrons. The van der Waals surface area contributed by atoms with Crippen LogP contribution in [0.1, 0.15) is 0 Å². The zero-order valence-corrected chi connectivity index (χ0v) is 7.01. The summed E-state index contributed by atoms with van der Waals surface area (Å²) in [5.74, 6) is 0.839. The number of hydrogen-bond acceptors (Lipinski definition) is 4. The van der Waals surface area contributed by atoms with Gasteiger partial charge in [0.2, 0.25) is 0 Å². The second kappa shape index (κ2) is 3.91. The Morgan fingerprint density at radius 1 is 1.38 bits per heavy atom. The fourth-order valence-corrected chi connectivity index (χ4v) is 1.01. The molecule has 4 nitrogen and oxygen atoms in total. The van der Waals surface area contributed by atoms with Gasteiger partial charge in [-0.15, -0.1) is 5.48 Å². The van der Waals surface area contributed by atoms with Crippen molar-refractivity contribution in [3.63, 3.8) is 0 Å². The molecule has 1 aromatic carbocycles. The first-order valence-corrected chi connectivity index (χ1v) is 4.06. The molecular weight excluding hydrogens is 168 g/mol. The van der Waals surface area contributed by atoms with Gasteiger partial charge in [-0.2, -0.15) is 0 Å². The maximum Gasteiger partial charge on any atom is 0.198 e. The van der Waals surface area contributed by atoms with E-state index in [-0.39, 0.29) is 6.17 Å². The van der Waals surface area contributed by atoms with E-state index in [2.05, 4.69) is 10.5 Å². The third kappa shape index (κ3) is 2.19. The van der Waals surface area contributed by atoms with Crippen LogP contribution in [0.3, 0.4) is 0 Å². The van der Waals surface area contributed by atoms with E-state index in [0.717, 1.165) is 5.75 Å². The van der Waals surface area contributed by atoms with Crippen LogP contribution in [-0.2, 0) is 4.84 Å². The van der Waals surface area contributed by atoms with Crippen molar-refractivity contribution in [2.45, 2.75) is 6.17 Å². The Balaban J connectivity index is 1.82. The topological polar surface area (TPSA) is 42.8 Å². The molecule has 4 heteroatoms. The van der Waals surface area contributed by atoms with Crippen molar-refractivity contribution in [1.29, 1.82) is 0 Å². The smallest absolute Gasteiger partial charge is 0.198 e. The lowest BCUT2D eigenvalue weighted by Gasteiger charge is -2.08. The van der Waals surface area contributed by atoms with Crippen LogP contribution >= 0.6 is 0 Å². The van der Waals surface area contributed by atoms with E-state index in [0.29, 0.717) is 6.61 Å². The van der Waals surface area contributed by atoms with Crippen molar-refractivity contribution >= 4 is 6.40 Å². The number of ether oxygens (including phenoxy) is 1. The number of nitrogens with one attached hydrogen (secondary N) is 1. The number of aliphatic imine (C=N–C) groups is 1. The summed E-state index contributed by atoms with van der Waals surface area (Å²) in [6.45, 7) is 0.473. The van der Waals surface area contributed by atoms with Crippen molar-refractivity contribution in [2.24, 2.45) is 4.99 Å². The fourth-order valence-electron chi connectivity index (χ4n) is 1.01. The molecule has 13 heavy (non-hydrogen) atoms. The quantitative estimate of drug-likeness (QED) is 0.749. The van der Waals surface area contributed by atoms with Crippen molar-refractivity contribution in [3.8, 4) is 5.75 Å². The minimum Gasteiger partial charge on any atom is -0.490 e. The number of hydroxylamine groups is 1. The van der Waals surface area contributed by atoms with Gasteiger partial charge in [0.25, 0.3) is 0 Å².